The second kappa shape index (κ2) is 7.01. The lowest BCUT2D eigenvalue weighted by molar-refractivity contribution is 0.102. The third-order valence-electron chi connectivity index (χ3n) is 3.75. The molecule has 2 aromatic carbocycles. The first kappa shape index (κ1) is 16.5. The maximum absolute atomic E-state index is 12.7. The van der Waals surface area contributed by atoms with E-state index in [1.807, 2.05) is 13.0 Å². The van der Waals surface area contributed by atoms with E-state index in [0.717, 1.165) is 12.0 Å². The van der Waals surface area contributed by atoms with Crippen molar-refractivity contribution in [2.24, 2.45) is 0 Å². The van der Waals surface area contributed by atoms with E-state index in [1.165, 1.54) is 7.11 Å². The van der Waals surface area contributed by atoms with Crippen molar-refractivity contribution < 1.29 is 19.0 Å². The van der Waals surface area contributed by atoms with Crippen LogP contribution in [-0.2, 0) is 0 Å². The Kier molecular flexibility index (Phi) is 4.81. The van der Waals surface area contributed by atoms with Crippen molar-refractivity contribution >= 4 is 23.2 Å². The summed E-state index contributed by atoms with van der Waals surface area (Å²) in [4.78, 5) is 12.7. The van der Waals surface area contributed by atoms with Crippen LogP contribution in [0.3, 0.4) is 0 Å². The minimum absolute atomic E-state index is 0.260. The van der Waals surface area contributed by atoms with Crippen molar-refractivity contribution in [2.75, 3.05) is 25.6 Å². The molecule has 0 saturated heterocycles. The number of ether oxygens (including phenoxy) is 3. The van der Waals surface area contributed by atoms with Gasteiger partial charge in [0.25, 0.3) is 5.91 Å². The average molecular weight is 348 g/mol. The molecule has 0 spiro atoms. The van der Waals surface area contributed by atoms with Gasteiger partial charge in [-0.2, -0.15) is 0 Å². The fraction of sp³-hybridized carbons (Fsp3) is 0.278. The SMILES string of the molecule is COc1ccc(Cl)cc1NC(=O)c1cc2c(cc1C)OCCCO2. The van der Waals surface area contributed by atoms with Gasteiger partial charge in [-0.05, 0) is 42.8 Å². The predicted octanol–water partition coefficient (Wildman–Crippen LogP) is 4.07. The molecule has 1 aliphatic heterocycles. The smallest absolute Gasteiger partial charge is 0.256 e. The molecule has 0 bridgehead atoms. The second-order valence-corrected chi connectivity index (χ2v) is 5.90. The number of aryl methyl sites for hydroxylation is 1. The first-order chi connectivity index (χ1) is 11.6. The molecule has 24 heavy (non-hydrogen) atoms. The summed E-state index contributed by atoms with van der Waals surface area (Å²) >= 11 is 6.00. The molecule has 1 aliphatic rings. The highest BCUT2D eigenvalue weighted by Crippen LogP contribution is 2.34. The number of rotatable bonds is 3. The van der Waals surface area contributed by atoms with Crippen molar-refractivity contribution in [2.45, 2.75) is 13.3 Å². The summed E-state index contributed by atoms with van der Waals surface area (Å²) in [5.41, 5.74) is 1.83. The van der Waals surface area contributed by atoms with Crippen LogP contribution >= 0.6 is 11.6 Å². The molecule has 1 heterocycles. The van der Waals surface area contributed by atoms with E-state index in [9.17, 15) is 4.79 Å². The zero-order valence-corrected chi connectivity index (χ0v) is 14.3. The predicted molar refractivity (Wildman–Crippen MR) is 92.7 cm³/mol. The quantitative estimate of drug-likeness (QED) is 0.909. The Balaban J connectivity index is 1.90. The summed E-state index contributed by atoms with van der Waals surface area (Å²) in [6.45, 7) is 3.04. The number of methoxy groups -OCH3 is 1. The van der Waals surface area contributed by atoms with Gasteiger partial charge in [-0.1, -0.05) is 11.6 Å². The number of amides is 1. The Labute approximate surface area is 145 Å². The molecule has 0 radical (unpaired) electrons. The Morgan fingerprint density at radius 1 is 1.17 bits per heavy atom. The maximum Gasteiger partial charge on any atom is 0.256 e. The number of halogens is 1. The molecule has 1 N–H and O–H groups in total. The third-order valence-corrected chi connectivity index (χ3v) is 3.98. The van der Waals surface area contributed by atoms with E-state index >= 15 is 0 Å². The standard InChI is InChI=1S/C18H18ClNO4/c1-11-8-16-17(24-7-3-6-23-16)10-13(11)18(21)20-14-9-12(19)4-5-15(14)22-2/h4-5,8-10H,3,6-7H2,1-2H3,(H,20,21). The molecule has 6 heteroatoms. The van der Waals surface area contributed by atoms with Crippen LogP contribution in [0.4, 0.5) is 5.69 Å². The number of carbonyl (C=O) groups excluding carboxylic acids is 1. The van der Waals surface area contributed by atoms with Crippen LogP contribution in [0, 0.1) is 6.92 Å². The molecule has 0 saturated carbocycles. The fourth-order valence-corrected chi connectivity index (χ4v) is 2.69. The number of anilines is 1. The Hall–Kier alpha value is -2.40. The van der Waals surface area contributed by atoms with Crippen molar-refractivity contribution in [3.05, 3.63) is 46.5 Å². The topological polar surface area (TPSA) is 56.8 Å². The molecule has 0 atom stereocenters. The van der Waals surface area contributed by atoms with Crippen LogP contribution in [0.15, 0.2) is 30.3 Å². The monoisotopic (exact) mass is 347 g/mol. The average Bonchev–Trinajstić information content (AvgIpc) is 2.79. The zero-order valence-electron chi connectivity index (χ0n) is 13.5. The molecule has 126 valence electrons. The number of carbonyl (C=O) groups is 1. The van der Waals surface area contributed by atoms with E-state index in [2.05, 4.69) is 5.32 Å². The molecule has 0 aliphatic carbocycles. The van der Waals surface area contributed by atoms with Gasteiger partial charge in [0.2, 0.25) is 0 Å². The number of benzene rings is 2. The van der Waals surface area contributed by atoms with Crippen molar-refractivity contribution in [3.8, 4) is 17.2 Å². The molecule has 0 fully saturated rings. The summed E-state index contributed by atoms with van der Waals surface area (Å²) in [5.74, 6) is 1.53. The normalized spacial score (nSPS) is 13.1. The highest BCUT2D eigenvalue weighted by molar-refractivity contribution is 6.31. The first-order valence-electron chi connectivity index (χ1n) is 7.63. The third kappa shape index (κ3) is 3.41. The molecular weight excluding hydrogens is 330 g/mol. The van der Waals surface area contributed by atoms with Crippen LogP contribution in [0.2, 0.25) is 5.02 Å². The first-order valence-corrected chi connectivity index (χ1v) is 8.01. The molecular formula is C18H18ClNO4. The molecule has 1 amide bonds. The van der Waals surface area contributed by atoms with E-state index < -0.39 is 0 Å². The Bertz CT molecular complexity index is 776. The number of hydrogen-bond donors (Lipinski definition) is 1. The van der Waals surface area contributed by atoms with Gasteiger partial charge in [-0.25, -0.2) is 0 Å². The summed E-state index contributed by atoms with van der Waals surface area (Å²) in [6.07, 6.45) is 0.814. The van der Waals surface area contributed by atoms with Crippen LogP contribution < -0.4 is 19.5 Å². The second-order valence-electron chi connectivity index (χ2n) is 5.46. The molecule has 3 rings (SSSR count). The summed E-state index contributed by atoms with van der Waals surface area (Å²) < 4.78 is 16.6. The lowest BCUT2D eigenvalue weighted by atomic mass is 10.1. The van der Waals surface area contributed by atoms with Gasteiger partial charge < -0.3 is 19.5 Å². The van der Waals surface area contributed by atoms with Gasteiger partial charge in [0.1, 0.15) is 5.75 Å². The van der Waals surface area contributed by atoms with E-state index in [-0.39, 0.29) is 5.91 Å². The zero-order chi connectivity index (χ0) is 17.1. The fourth-order valence-electron chi connectivity index (χ4n) is 2.52. The van der Waals surface area contributed by atoms with Gasteiger partial charge in [-0.3, -0.25) is 4.79 Å². The van der Waals surface area contributed by atoms with Crippen molar-refractivity contribution in [3.63, 3.8) is 0 Å². The van der Waals surface area contributed by atoms with Crippen molar-refractivity contribution in [1.82, 2.24) is 0 Å². The number of fused-ring (bicyclic) bond motifs is 1. The Morgan fingerprint density at radius 3 is 2.58 bits per heavy atom. The summed E-state index contributed by atoms with van der Waals surface area (Å²) in [5, 5.41) is 3.35. The largest absolute Gasteiger partial charge is 0.495 e. The van der Waals surface area contributed by atoms with Crippen LogP contribution in [0.25, 0.3) is 0 Å². The summed E-state index contributed by atoms with van der Waals surface area (Å²) in [7, 11) is 1.54. The number of hydrogen-bond acceptors (Lipinski definition) is 4. The van der Waals surface area contributed by atoms with Crippen LogP contribution in [-0.4, -0.2) is 26.2 Å². The molecule has 0 unspecified atom stereocenters. The maximum atomic E-state index is 12.7. The highest BCUT2D eigenvalue weighted by atomic mass is 35.5. The molecule has 5 nitrogen and oxygen atoms in total. The van der Waals surface area contributed by atoms with E-state index in [1.54, 1.807) is 24.3 Å². The van der Waals surface area contributed by atoms with Gasteiger partial charge in [-0.15, -0.1) is 0 Å². The number of nitrogens with one attached hydrogen (secondary N) is 1. The lowest BCUT2D eigenvalue weighted by Crippen LogP contribution is -2.14. The molecule has 2 aromatic rings. The van der Waals surface area contributed by atoms with Gasteiger partial charge in [0, 0.05) is 17.0 Å². The Morgan fingerprint density at radius 2 is 1.88 bits per heavy atom. The minimum Gasteiger partial charge on any atom is -0.495 e. The van der Waals surface area contributed by atoms with Gasteiger partial charge in [0.15, 0.2) is 11.5 Å². The van der Waals surface area contributed by atoms with E-state index in [0.29, 0.717) is 46.7 Å². The minimum atomic E-state index is -0.260. The summed E-state index contributed by atoms with van der Waals surface area (Å²) in [6, 6.07) is 8.59. The molecule has 0 aromatic heterocycles. The highest BCUT2D eigenvalue weighted by Gasteiger charge is 2.18. The van der Waals surface area contributed by atoms with Crippen LogP contribution in [0.5, 0.6) is 17.2 Å². The van der Waals surface area contributed by atoms with Gasteiger partial charge >= 0.3 is 0 Å². The van der Waals surface area contributed by atoms with E-state index in [4.69, 9.17) is 25.8 Å². The van der Waals surface area contributed by atoms with Crippen molar-refractivity contribution in [1.29, 1.82) is 0 Å². The van der Waals surface area contributed by atoms with Crippen LogP contribution in [0.1, 0.15) is 22.3 Å². The lowest BCUT2D eigenvalue weighted by Gasteiger charge is -2.14. The van der Waals surface area contributed by atoms with Gasteiger partial charge in [0.05, 0.1) is 26.0 Å².